The second-order valence-corrected chi connectivity index (χ2v) is 6.97. The number of carbonyl (C=O) groups is 1. The molecule has 0 saturated carbocycles. The molecule has 2 aromatic heterocycles. The van der Waals surface area contributed by atoms with Gasteiger partial charge in [0.1, 0.15) is 0 Å². The standard InChI is InChI=1S/C20H23N5O2/c1-5-27-18(26)16-13-17(25(24-16)20(2,3)4)15-11-12-21-19(23-15)22-14-9-7-6-8-10-14/h6-13H,5H2,1-4H3,(H,21,22,23). The van der Waals surface area contributed by atoms with Gasteiger partial charge in [-0.25, -0.2) is 14.8 Å². The number of benzene rings is 1. The van der Waals surface area contributed by atoms with E-state index in [4.69, 9.17) is 4.74 Å². The molecule has 3 rings (SSSR count). The molecule has 140 valence electrons. The molecule has 3 aromatic rings. The highest BCUT2D eigenvalue weighted by Crippen LogP contribution is 2.26. The Morgan fingerprint density at radius 2 is 1.93 bits per heavy atom. The minimum atomic E-state index is -0.446. The number of aromatic nitrogens is 4. The molecule has 0 aliphatic heterocycles. The average Bonchev–Trinajstić information content (AvgIpc) is 3.09. The summed E-state index contributed by atoms with van der Waals surface area (Å²) >= 11 is 0. The average molecular weight is 365 g/mol. The van der Waals surface area contributed by atoms with Crippen LogP contribution in [0.15, 0.2) is 48.7 Å². The number of ether oxygens (including phenoxy) is 1. The number of hydrogen-bond donors (Lipinski definition) is 1. The van der Waals surface area contributed by atoms with Crippen LogP contribution in [-0.2, 0) is 10.3 Å². The largest absolute Gasteiger partial charge is 0.461 e. The topological polar surface area (TPSA) is 81.9 Å². The van der Waals surface area contributed by atoms with Gasteiger partial charge in [0.15, 0.2) is 5.69 Å². The highest BCUT2D eigenvalue weighted by molar-refractivity contribution is 5.88. The molecule has 0 amide bonds. The molecule has 0 atom stereocenters. The minimum absolute atomic E-state index is 0.262. The normalized spacial score (nSPS) is 11.3. The van der Waals surface area contributed by atoms with E-state index in [2.05, 4.69) is 20.4 Å². The summed E-state index contributed by atoms with van der Waals surface area (Å²) in [5.74, 6) is 0.0245. The predicted octanol–water partition coefficient (Wildman–Crippen LogP) is 4.02. The maximum atomic E-state index is 12.1. The summed E-state index contributed by atoms with van der Waals surface area (Å²) in [6.45, 7) is 8.12. The molecule has 1 aromatic carbocycles. The Morgan fingerprint density at radius 3 is 2.59 bits per heavy atom. The van der Waals surface area contributed by atoms with E-state index < -0.39 is 5.97 Å². The third-order valence-corrected chi connectivity index (χ3v) is 3.78. The lowest BCUT2D eigenvalue weighted by atomic mass is 10.1. The summed E-state index contributed by atoms with van der Waals surface area (Å²) in [6, 6.07) is 13.2. The van der Waals surface area contributed by atoms with E-state index in [0.29, 0.717) is 18.2 Å². The molecular formula is C20H23N5O2. The van der Waals surface area contributed by atoms with Crippen molar-refractivity contribution in [3.63, 3.8) is 0 Å². The Morgan fingerprint density at radius 1 is 1.19 bits per heavy atom. The van der Waals surface area contributed by atoms with Crippen molar-refractivity contribution in [2.24, 2.45) is 0 Å². The lowest BCUT2D eigenvalue weighted by molar-refractivity contribution is 0.0517. The summed E-state index contributed by atoms with van der Waals surface area (Å²) in [4.78, 5) is 21.0. The fraction of sp³-hybridized carbons (Fsp3) is 0.300. The molecule has 27 heavy (non-hydrogen) atoms. The Balaban J connectivity index is 2.00. The molecule has 0 radical (unpaired) electrons. The van der Waals surface area contributed by atoms with E-state index in [1.807, 2.05) is 51.1 Å². The third-order valence-electron chi connectivity index (χ3n) is 3.78. The van der Waals surface area contributed by atoms with Crippen LogP contribution in [-0.4, -0.2) is 32.3 Å². The molecule has 0 saturated heterocycles. The van der Waals surface area contributed by atoms with E-state index in [9.17, 15) is 4.79 Å². The number of rotatable bonds is 5. The van der Waals surface area contributed by atoms with Crippen LogP contribution in [0.25, 0.3) is 11.4 Å². The van der Waals surface area contributed by atoms with Crippen molar-refractivity contribution < 1.29 is 9.53 Å². The first-order chi connectivity index (χ1) is 12.9. The molecule has 0 aliphatic carbocycles. The summed E-state index contributed by atoms with van der Waals surface area (Å²) in [5, 5.41) is 7.63. The summed E-state index contributed by atoms with van der Waals surface area (Å²) < 4.78 is 6.87. The van der Waals surface area contributed by atoms with Gasteiger partial charge in [0.05, 0.1) is 23.5 Å². The fourth-order valence-corrected chi connectivity index (χ4v) is 2.59. The van der Waals surface area contributed by atoms with Crippen LogP contribution in [0.1, 0.15) is 38.2 Å². The van der Waals surface area contributed by atoms with Gasteiger partial charge in [0.2, 0.25) is 5.95 Å². The number of para-hydroxylation sites is 1. The first-order valence-electron chi connectivity index (χ1n) is 8.81. The van der Waals surface area contributed by atoms with Crippen LogP contribution in [0, 0.1) is 0 Å². The molecule has 0 fully saturated rings. The summed E-state index contributed by atoms with van der Waals surface area (Å²) in [7, 11) is 0. The van der Waals surface area contributed by atoms with Crippen molar-refractivity contribution >= 4 is 17.6 Å². The van der Waals surface area contributed by atoms with Crippen molar-refractivity contribution in [1.82, 2.24) is 19.7 Å². The van der Waals surface area contributed by atoms with Crippen LogP contribution < -0.4 is 5.32 Å². The first-order valence-corrected chi connectivity index (χ1v) is 8.81. The third kappa shape index (κ3) is 4.31. The number of nitrogens with one attached hydrogen (secondary N) is 1. The van der Waals surface area contributed by atoms with Gasteiger partial charge in [-0.2, -0.15) is 5.10 Å². The number of esters is 1. The van der Waals surface area contributed by atoms with Crippen LogP contribution >= 0.6 is 0 Å². The van der Waals surface area contributed by atoms with Gasteiger partial charge in [-0.05, 0) is 45.9 Å². The molecule has 1 N–H and O–H groups in total. The summed E-state index contributed by atoms with van der Waals surface area (Å²) in [5.41, 5.74) is 2.22. The minimum Gasteiger partial charge on any atom is -0.461 e. The van der Waals surface area contributed by atoms with Gasteiger partial charge in [-0.3, -0.25) is 4.68 Å². The predicted molar refractivity (Wildman–Crippen MR) is 104 cm³/mol. The Hall–Kier alpha value is -3.22. The molecule has 0 bridgehead atoms. The highest BCUT2D eigenvalue weighted by atomic mass is 16.5. The second-order valence-electron chi connectivity index (χ2n) is 6.97. The van der Waals surface area contributed by atoms with Gasteiger partial charge in [0, 0.05) is 18.0 Å². The smallest absolute Gasteiger partial charge is 0.358 e. The Kier molecular flexibility index (Phi) is 5.21. The molecule has 0 aliphatic rings. The van der Waals surface area contributed by atoms with Crippen molar-refractivity contribution in [3.8, 4) is 11.4 Å². The van der Waals surface area contributed by atoms with Crippen LogP contribution in [0.5, 0.6) is 0 Å². The molecule has 2 heterocycles. The molecule has 0 spiro atoms. The molecule has 7 nitrogen and oxygen atoms in total. The maximum absolute atomic E-state index is 12.1. The number of anilines is 2. The van der Waals surface area contributed by atoms with Crippen LogP contribution in [0.4, 0.5) is 11.6 Å². The number of hydrogen-bond acceptors (Lipinski definition) is 6. The first kappa shape index (κ1) is 18.6. The zero-order chi connectivity index (χ0) is 19.4. The van der Waals surface area contributed by atoms with Crippen molar-refractivity contribution in [2.45, 2.75) is 33.2 Å². The van der Waals surface area contributed by atoms with Gasteiger partial charge in [-0.1, -0.05) is 18.2 Å². The molecule has 7 heteroatoms. The maximum Gasteiger partial charge on any atom is 0.358 e. The number of carbonyl (C=O) groups excluding carboxylic acids is 1. The van der Waals surface area contributed by atoms with E-state index in [1.54, 1.807) is 29.9 Å². The van der Waals surface area contributed by atoms with E-state index >= 15 is 0 Å². The lowest BCUT2D eigenvalue weighted by Gasteiger charge is -2.22. The zero-order valence-corrected chi connectivity index (χ0v) is 15.9. The van der Waals surface area contributed by atoms with Crippen molar-refractivity contribution in [1.29, 1.82) is 0 Å². The van der Waals surface area contributed by atoms with E-state index in [0.717, 1.165) is 11.4 Å². The molecule has 0 unspecified atom stereocenters. The lowest BCUT2D eigenvalue weighted by Crippen LogP contribution is -2.24. The number of nitrogens with zero attached hydrogens (tertiary/aromatic N) is 4. The fourth-order valence-electron chi connectivity index (χ4n) is 2.59. The quantitative estimate of drug-likeness (QED) is 0.688. The Labute approximate surface area is 158 Å². The van der Waals surface area contributed by atoms with Crippen molar-refractivity contribution in [2.75, 3.05) is 11.9 Å². The van der Waals surface area contributed by atoms with E-state index in [1.165, 1.54) is 0 Å². The zero-order valence-electron chi connectivity index (χ0n) is 15.9. The van der Waals surface area contributed by atoms with Gasteiger partial charge in [0.25, 0.3) is 0 Å². The highest BCUT2D eigenvalue weighted by Gasteiger charge is 2.24. The van der Waals surface area contributed by atoms with E-state index in [-0.39, 0.29) is 11.2 Å². The van der Waals surface area contributed by atoms with Crippen molar-refractivity contribution in [3.05, 3.63) is 54.4 Å². The monoisotopic (exact) mass is 365 g/mol. The second kappa shape index (κ2) is 7.57. The summed E-state index contributed by atoms with van der Waals surface area (Å²) in [6.07, 6.45) is 1.68. The van der Waals surface area contributed by atoms with Crippen LogP contribution in [0.3, 0.4) is 0 Å². The van der Waals surface area contributed by atoms with Crippen LogP contribution in [0.2, 0.25) is 0 Å². The Bertz CT molecular complexity index is 929. The van der Waals surface area contributed by atoms with Gasteiger partial charge in [-0.15, -0.1) is 0 Å². The van der Waals surface area contributed by atoms with Gasteiger partial charge >= 0.3 is 5.97 Å². The van der Waals surface area contributed by atoms with Gasteiger partial charge < -0.3 is 10.1 Å². The SMILES string of the molecule is CCOC(=O)c1cc(-c2ccnc(Nc3ccccc3)n2)n(C(C)(C)C)n1. The molecular weight excluding hydrogens is 342 g/mol.